The van der Waals surface area contributed by atoms with E-state index in [9.17, 15) is 59.5 Å². The normalized spacial score (nSPS) is 10.9. The van der Waals surface area contributed by atoms with Crippen LogP contribution in [-0.2, 0) is 21.7 Å². The van der Waals surface area contributed by atoms with Crippen molar-refractivity contribution in [2.24, 2.45) is 0 Å². The number of ether oxygens (including phenoxy) is 1. The van der Waals surface area contributed by atoms with E-state index in [1.807, 2.05) is 128 Å². The fraction of sp³-hybridized carbons (Fsp3) is 0.189. The molecule has 10 aromatic rings. The van der Waals surface area contributed by atoms with Crippen molar-refractivity contribution in [3.05, 3.63) is 260 Å². The van der Waals surface area contributed by atoms with Crippen LogP contribution in [0.1, 0.15) is 91.7 Å². The summed E-state index contributed by atoms with van der Waals surface area (Å²) in [6, 6.07) is 52.3. The molecule has 13 nitrogen and oxygen atoms in total. The second kappa shape index (κ2) is 28.9. The fourth-order valence-corrected chi connectivity index (χ4v) is 9.90. The van der Waals surface area contributed by atoms with E-state index in [-0.39, 0.29) is 49.7 Å². The Hall–Kier alpha value is -10.1. The maximum absolute atomic E-state index is 12.3. The molecule has 0 heterocycles. The number of aryl methyl sites for hydroxylation is 10. The first-order valence-electron chi connectivity index (χ1n) is 28.2. The Kier molecular flexibility index (Phi) is 22.0. The molecule has 0 fully saturated rings. The monoisotopic (exact) mass is 1210 g/mol. The van der Waals surface area contributed by atoms with E-state index in [0.29, 0.717) is 52.0 Å². The molecular formula is C74H78O13S. The highest BCUT2D eigenvalue weighted by molar-refractivity contribution is 7.91. The van der Waals surface area contributed by atoms with Crippen molar-refractivity contribution >= 4 is 9.84 Å². The van der Waals surface area contributed by atoms with Gasteiger partial charge < -0.3 is 55.8 Å². The highest BCUT2D eigenvalue weighted by Gasteiger charge is 2.25. The summed E-state index contributed by atoms with van der Waals surface area (Å²) in [5.41, 5.74) is 13.6. The van der Waals surface area contributed by atoms with Crippen LogP contribution in [0.3, 0.4) is 0 Å². The van der Waals surface area contributed by atoms with Gasteiger partial charge in [0.1, 0.15) is 69.0 Å². The molecule has 0 saturated carbocycles. The van der Waals surface area contributed by atoms with E-state index in [1.54, 1.807) is 86.6 Å². The molecule has 0 aromatic heterocycles. The molecular weight excluding hydrogens is 1130 g/mol. The van der Waals surface area contributed by atoms with Crippen LogP contribution in [0.4, 0.5) is 0 Å². The van der Waals surface area contributed by atoms with Gasteiger partial charge in [-0.05, 0) is 237 Å². The van der Waals surface area contributed by atoms with Crippen molar-refractivity contribution in [2.75, 3.05) is 0 Å². The summed E-state index contributed by atoms with van der Waals surface area (Å²) in [7, 11) is -3.74. The third kappa shape index (κ3) is 17.5. The molecule has 0 amide bonds. The van der Waals surface area contributed by atoms with Gasteiger partial charge in [-0.25, -0.2) is 8.42 Å². The van der Waals surface area contributed by atoms with Gasteiger partial charge in [0.2, 0.25) is 9.84 Å². The second-order valence-electron chi connectivity index (χ2n) is 22.4. The summed E-state index contributed by atoms with van der Waals surface area (Å²) in [5.74, 6) is 3.12. The molecule has 0 aliphatic heterocycles. The number of hydrogen-bond donors (Lipinski definition) is 10. The lowest BCUT2D eigenvalue weighted by molar-refractivity contribution is 0.443. The number of phenols is 10. The van der Waals surface area contributed by atoms with E-state index in [1.165, 1.54) is 36.4 Å². The van der Waals surface area contributed by atoms with Gasteiger partial charge in [0.15, 0.2) is 0 Å². The first-order chi connectivity index (χ1) is 41.3. The number of rotatable bonds is 9. The molecule has 10 rings (SSSR count). The number of phenolic OH excluding ortho intramolecular Hbond substituents is 10. The lowest BCUT2D eigenvalue weighted by Gasteiger charge is -2.27. The summed E-state index contributed by atoms with van der Waals surface area (Å²) < 4.78 is 30.2. The minimum Gasteiger partial charge on any atom is -0.508 e. The van der Waals surface area contributed by atoms with Crippen molar-refractivity contribution in [1.29, 1.82) is 0 Å². The Balaban J connectivity index is 0.000000176. The summed E-state index contributed by atoms with van der Waals surface area (Å²) in [6.07, 6.45) is 0.710. The molecule has 10 aromatic carbocycles. The van der Waals surface area contributed by atoms with Crippen molar-refractivity contribution in [1.82, 2.24) is 0 Å². The zero-order valence-electron chi connectivity index (χ0n) is 51.6. The van der Waals surface area contributed by atoms with Crippen molar-refractivity contribution in [3.8, 4) is 80.1 Å². The van der Waals surface area contributed by atoms with Gasteiger partial charge in [-0.15, -0.1) is 0 Å². The quantitative estimate of drug-likeness (QED) is 0.0647. The largest absolute Gasteiger partial charge is 0.508 e. The Morgan fingerprint density at radius 3 is 0.830 bits per heavy atom. The highest BCUT2D eigenvalue weighted by Crippen LogP contribution is 2.37. The van der Waals surface area contributed by atoms with Gasteiger partial charge in [-0.3, -0.25) is 0 Å². The third-order valence-corrected chi connectivity index (χ3v) is 16.9. The summed E-state index contributed by atoms with van der Waals surface area (Å²) >= 11 is 0. The molecule has 0 atom stereocenters. The zero-order chi connectivity index (χ0) is 64.9. The van der Waals surface area contributed by atoms with Crippen LogP contribution < -0.4 is 4.74 Å². The molecule has 0 saturated heterocycles. The molecule has 0 unspecified atom stereocenters. The molecule has 0 aliphatic carbocycles. The van der Waals surface area contributed by atoms with Crippen LogP contribution in [0.2, 0.25) is 0 Å². The van der Waals surface area contributed by atoms with E-state index in [2.05, 4.69) is 13.8 Å². The Morgan fingerprint density at radius 2 is 0.545 bits per heavy atom. The van der Waals surface area contributed by atoms with Crippen molar-refractivity contribution in [3.63, 3.8) is 0 Å². The number of aromatic hydroxyl groups is 10. The standard InChI is InChI=1S/C17H20O2.C15H16O2.C14H14O4S.C14H14O3.C14H14O2/c1-11-5-7-13(9-15(11)18)17(3,4)14-8-6-12(2)16(19)10-14;1-10-3-5-12(8-14(10)16)7-13-6-4-11(2)15(17)9-13;1-9-3-5-11(7-13(9)15)19(17,18)12-6-4-10(2)14(16)8-12;1-9-3-5-11(7-13(9)15)17-12-6-4-10(2)14(16)8-12;1-9-3-5-11(7-13(9)15)12-6-4-10(2)14(16)8-12/h5-10,18-19H,1-4H3;3-6,8-9,16-17H,7H2,1-2H3;3-8,15-16H,1-2H3;3-8,15-16H,1-2H3;3-8,15-16H,1-2H3. The van der Waals surface area contributed by atoms with E-state index in [0.717, 1.165) is 77.9 Å². The van der Waals surface area contributed by atoms with Crippen LogP contribution in [0.15, 0.2) is 192 Å². The van der Waals surface area contributed by atoms with E-state index >= 15 is 0 Å². The molecule has 0 aliphatic rings. The maximum atomic E-state index is 12.3. The fourth-order valence-electron chi connectivity index (χ4n) is 8.60. The van der Waals surface area contributed by atoms with Gasteiger partial charge in [-0.1, -0.05) is 111 Å². The summed E-state index contributed by atoms with van der Waals surface area (Å²) in [6.45, 7) is 22.4. The molecule has 0 radical (unpaired) electrons. The SMILES string of the molecule is Cc1ccc(-c2ccc(C)c(O)c2)cc1O.Cc1ccc(C(C)(C)c2ccc(C)c(O)c2)cc1O.Cc1ccc(Cc2ccc(C)c(O)c2)cc1O.Cc1ccc(Oc2ccc(C)c(O)c2)cc1O.Cc1ccc(S(=O)(=O)c2ccc(C)c(O)c2)cc1O. The lowest BCUT2D eigenvalue weighted by atomic mass is 9.77. The maximum Gasteiger partial charge on any atom is 0.206 e. The molecule has 0 spiro atoms. The van der Waals surface area contributed by atoms with Gasteiger partial charge >= 0.3 is 0 Å². The smallest absolute Gasteiger partial charge is 0.206 e. The Morgan fingerprint density at radius 1 is 0.295 bits per heavy atom. The molecule has 88 heavy (non-hydrogen) atoms. The van der Waals surface area contributed by atoms with Crippen LogP contribution >= 0.6 is 0 Å². The number of sulfone groups is 1. The molecule has 458 valence electrons. The number of benzene rings is 10. The van der Waals surface area contributed by atoms with Crippen molar-refractivity contribution in [2.45, 2.75) is 105 Å². The predicted octanol–water partition coefficient (Wildman–Crippen LogP) is 16.8. The average Bonchev–Trinajstić information content (AvgIpc) is 2.74. The van der Waals surface area contributed by atoms with Crippen LogP contribution in [0.25, 0.3) is 11.1 Å². The Labute approximate surface area is 516 Å². The zero-order valence-corrected chi connectivity index (χ0v) is 52.4. The van der Waals surface area contributed by atoms with E-state index in [4.69, 9.17) is 4.74 Å². The summed E-state index contributed by atoms with van der Waals surface area (Å²) in [5, 5.41) is 96.5. The second-order valence-corrected chi connectivity index (χ2v) is 24.4. The van der Waals surface area contributed by atoms with Crippen LogP contribution in [-0.4, -0.2) is 59.5 Å². The van der Waals surface area contributed by atoms with Gasteiger partial charge in [0.25, 0.3) is 0 Å². The van der Waals surface area contributed by atoms with Gasteiger partial charge in [0.05, 0.1) is 9.79 Å². The topological polar surface area (TPSA) is 246 Å². The van der Waals surface area contributed by atoms with Gasteiger partial charge in [-0.2, -0.15) is 0 Å². The third-order valence-electron chi connectivity index (χ3n) is 15.1. The predicted molar refractivity (Wildman–Crippen MR) is 348 cm³/mol. The number of hydrogen-bond acceptors (Lipinski definition) is 13. The van der Waals surface area contributed by atoms with Crippen LogP contribution in [0, 0.1) is 69.2 Å². The van der Waals surface area contributed by atoms with E-state index < -0.39 is 9.84 Å². The van der Waals surface area contributed by atoms with Crippen molar-refractivity contribution < 1.29 is 64.2 Å². The first kappa shape index (κ1) is 67.1. The Bertz CT molecular complexity index is 3860. The molecule has 10 N–H and O–H groups in total. The minimum absolute atomic E-state index is 0.00106. The lowest BCUT2D eigenvalue weighted by Crippen LogP contribution is -2.18. The van der Waals surface area contributed by atoms with Gasteiger partial charge in [0, 0.05) is 17.5 Å². The summed E-state index contributed by atoms with van der Waals surface area (Å²) in [4.78, 5) is -0.00212. The van der Waals surface area contributed by atoms with Crippen LogP contribution in [0.5, 0.6) is 69.0 Å². The molecule has 14 heteroatoms. The highest BCUT2D eigenvalue weighted by atomic mass is 32.2. The first-order valence-corrected chi connectivity index (χ1v) is 29.7. The minimum atomic E-state index is -3.74. The molecule has 0 bridgehead atoms. The average molecular weight is 1210 g/mol.